The van der Waals surface area contributed by atoms with Gasteiger partial charge in [-0.3, -0.25) is 20.4 Å². The minimum Gasteiger partial charge on any atom is -0.484 e. The molecule has 1 aromatic carbocycles. The number of rotatable bonds is 3. The maximum Gasteiger partial charge on any atom is 0.276 e. The van der Waals surface area contributed by atoms with E-state index in [1.54, 1.807) is 0 Å². The molecule has 7 heteroatoms. The lowest BCUT2D eigenvalue weighted by molar-refractivity contribution is -0.124. The van der Waals surface area contributed by atoms with Crippen molar-refractivity contribution in [2.24, 2.45) is 0 Å². The minimum atomic E-state index is -0.406. The lowest BCUT2D eigenvalue weighted by Crippen LogP contribution is -2.49. The van der Waals surface area contributed by atoms with Crippen LogP contribution in [0, 0.1) is 13.8 Å². The van der Waals surface area contributed by atoms with E-state index in [-0.39, 0.29) is 17.6 Å². The molecule has 0 fully saturated rings. The lowest BCUT2D eigenvalue weighted by Gasteiger charge is -2.11. The van der Waals surface area contributed by atoms with Crippen LogP contribution >= 0.6 is 12.2 Å². The highest BCUT2D eigenvalue weighted by atomic mass is 32.1. The molecule has 1 aromatic rings. The Morgan fingerprint density at radius 3 is 2.30 bits per heavy atom. The maximum atomic E-state index is 11.5. The van der Waals surface area contributed by atoms with E-state index in [2.05, 4.69) is 16.2 Å². The van der Waals surface area contributed by atoms with Gasteiger partial charge >= 0.3 is 0 Å². The van der Waals surface area contributed by atoms with Crippen LogP contribution in [-0.4, -0.2) is 23.5 Å². The maximum absolute atomic E-state index is 11.5. The van der Waals surface area contributed by atoms with Crippen molar-refractivity contribution in [3.63, 3.8) is 0 Å². The van der Waals surface area contributed by atoms with Gasteiger partial charge in [0.2, 0.25) is 5.91 Å². The summed E-state index contributed by atoms with van der Waals surface area (Å²) in [5.41, 5.74) is 6.83. The highest BCUT2D eigenvalue weighted by molar-refractivity contribution is 7.80. The molecule has 3 N–H and O–H groups in total. The predicted octanol–water partition coefficient (Wildman–Crippen LogP) is 0.724. The van der Waals surface area contributed by atoms with Gasteiger partial charge in [0.1, 0.15) is 5.75 Å². The molecule has 0 aliphatic rings. The van der Waals surface area contributed by atoms with Crippen molar-refractivity contribution in [1.29, 1.82) is 0 Å². The number of hydrazine groups is 1. The van der Waals surface area contributed by atoms with Gasteiger partial charge in [0, 0.05) is 6.92 Å². The van der Waals surface area contributed by atoms with E-state index >= 15 is 0 Å². The van der Waals surface area contributed by atoms with Crippen molar-refractivity contribution in [3.8, 4) is 5.75 Å². The van der Waals surface area contributed by atoms with Gasteiger partial charge in [0.25, 0.3) is 5.91 Å². The quantitative estimate of drug-likeness (QED) is 0.566. The predicted molar refractivity (Wildman–Crippen MR) is 79.1 cm³/mol. The standard InChI is InChI=1S/C13H17N3O3S/c1-8-4-9(2)6-11(5-8)19-7-12(18)15-16-13(20)14-10(3)17/h4-6H,7H2,1-3H3,(H,15,18)(H2,14,16,17,20). The molecule has 0 saturated heterocycles. The molecular formula is C13H17N3O3S. The number of carbonyl (C=O) groups excluding carboxylic acids is 2. The molecule has 0 aromatic heterocycles. The molecular weight excluding hydrogens is 278 g/mol. The molecule has 0 aliphatic heterocycles. The van der Waals surface area contributed by atoms with Crippen molar-refractivity contribution in [2.75, 3.05) is 6.61 Å². The van der Waals surface area contributed by atoms with Crippen molar-refractivity contribution in [3.05, 3.63) is 29.3 Å². The topological polar surface area (TPSA) is 79.5 Å². The van der Waals surface area contributed by atoms with Crippen LogP contribution < -0.4 is 20.9 Å². The Kier molecular flexibility index (Phi) is 5.92. The van der Waals surface area contributed by atoms with Crippen LogP contribution in [0.1, 0.15) is 18.1 Å². The number of thiocarbonyl (C=S) groups is 1. The number of aryl methyl sites for hydroxylation is 2. The SMILES string of the molecule is CC(=O)NC(=S)NNC(=O)COc1cc(C)cc(C)c1. The Bertz CT molecular complexity index is 511. The zero-order chi connectivity index (χ0) is 15.1. The van der Waals surface area contributed by atoms with Crippen LogP contribution in [0.3, 0.4) is 0 Å². The molecule has 108 valence electrons. The molecule has 0 heterocycles. The number of amides is 2. The molecule has 0 unspecified atom stereocenters. The average Bonchev–Trinajstić information content (AvgIpc) is 2.32. The number of hydrogen-bond acceptors (Lipinski definition) is 4. The second kappa shape index (κ2) is 7.44. The molecule has 2 amide bonds. The summed E-state index contributed by atoms with van der Waals surface area (Å²) in [7, 11) is 0. The van der Waals surface area contributed by atoms with Crippen LogP contribution in [0.4, 0.5) is 0 Å². The first-order chi connectivity index (χ1) is 9.36. The van der Waals surface area contributed by atoms with Gasteiger partial charge in [-0.05, 0) is 49.3 Å². The highest BCUT2D eigenvalue weighted by Crippen LogP contribution is 2.15. The molecule has 1 rings (SSSR count). The summed E-state index contributed by atoms with van der Waals surface area (Å²) in [4.78, 5) is 22.2. The lowest BCUT2D eigenvalue weighted by atomic mass is 10.1. The fourth-order valence-corrected chi connectivity index (χ4v) is 1.71. The molecule has 0 bridgehead atoms. The van der Waals surface area contributed by atoms with E-state index in [0.717, 1.165) is 11.1 Å². The average molecular weight is 295 g/mol. The zero-order valence-electron chi connectivity index (χ0n) is 11.6. The normalized spacial score (nSPS) is 9.55. The fourth-order valence-electron chi connectivity index (χ4n) is 1.52. The van der Waals surface area contributed by atoms with Crippen molar-refractivity contribution < 1.29 is 14.3 Å². The molecule has 0 aliphatic carbocycles. The third-order valence-electron chi connectivity index (χ3n) is 2.17. The third kappa shape index (κ3) is 6.14. The zero-order valence-corrected chi connectivity index (χ0v) is 12.4. The molecule has 0 saturated carbocycles. The Hall–Kier alpha value is -2.15. The van der Waals surface area contributed by atoms with Gasteiger partial charge in [0.15, 0.2) is 11.7 Å². The van der Waals surface area contributed by atoms with E-state index in [1.165, 1.54) is 6.92 Å². The van der Waals surface area contributed by atoms with Crippen LogP contribution in [0.15, 0.2) is 18.2 Å². The van der Waals surface area contributed by atoms with E-state index in [4.69, 9.17) is 17.0 Å². The summed E-state index contributed by atoms with van der Waals surface area (Å²) in [5, 5.41) is 2.34. The molecule has 6 nitrogen and oxygen atoms in total. The van der Waals surface area contributed by atoms with Crippen LogP contribution in [-0.2, 0) is 9.59 Å². The minimum absolute atomic E-state index is 0.0252. The van der Waals surface area contributed by atoms with Crippen molar-refractivity contribution in [1.82, 2.24) is 16.2 Å². The number of ether oxygens (including phenoxy) is 1. The first kappa shape index (κ1) is 15.9. The summed E-state index contributed by atoms with van der Waals surface area (Å²) in [6, 6.07) is 5.70. The number of carbonyl (C=O) groups is 2. The van der Waals surface area contributed by atoms with Crippen LogP contribution in [0.2, 0.25) is 0 Å². The third-order valence-corrected chi connectivity index (χ3v) is 2.37. The van der Waals surface area contributed by atoms with Crippen molar-refractivity contribution in [2.45, 2.75) is 20.8 Å². The number of nitrogens with one attached hydrogen (secondary N) is 3. The summed E-state index contributed by atoms with van der Waals surface area (Å²) >= 11 is 4.76. The van der Waals surface area contributed by atoms with E-state index in [1.807, 2.05) is 32.0 Å². The van der Waals surface area contributed by atoms with E-state index < -0.39 is 5.91 Å². The summed E-state index contributed by atoms with van der Waals surface area (Å²) in [5.74, 6) is -0.0952. The van der Waals surface area contributed by atoms with E-state index in [9.17, 15) is 9.59 Å². The summed E-state index contributed by atoms with van der Waals surface area (Å²) in [6.07, 6.45) is 0. The molecule has 0 spiro atoms. The number of benzene rings is 1. The van der Waals surface area contributed by atoms with Gasteiger partial charge in [-0.15, -0.1) is 0 Å². The van der Waals surface area contributed by atoms with Gasteiger partial charge in [-0.2, -0.15) is 0 Å². The van der Waals surface area contributed by atoms with Gasteiger partial charge < -0.3 is 10.1 Å². The van der Waals surface area contributed by atoms with Crippen molar-refractivity contribution >= 4 is 29.1 Å². The van der Waals surface area contributed by atoms with Gasteiger partial charge in [-0.1, -0.05) is 6.07 Å². The summed E-state index contributed by atoms with van der Waals surface area (Å²) < 4.78 is 5.36. The Balaban J connectivity index is 2.36. The Labute approximate surface area is 122 Å². The van der Waals surface area contributed by atoms with Gasteiger partial charge in [-0.25, -0.2) is 0 Å². The summed E-state index contributed by atoms with van der Waals surface area (Å²) in [6.45, 7) is 5.07. The van der Waals surface area contributed by atoms with Gasteiger partial charge in [0.05, 0.1) is 0 Å². The molecule has 0 radical (unpaired) electrons. The number of hydrogen-bond donors (Lipinski definition) is 3. The second-order valence-corrected chi connectivity index (χ2v) is 4.70. The highest BCUT2D eigenvalue weighted by Gasteiger charge is 2.05. The largest absolute Gasteiger partial charge is 0.484 e. The second-order valence-electron chi connectivity index (χ2n) is 4.30. The smallest absolute Gasteiger partial charge is 0.276 e. The monoisotopic (exact) mass is 295 g/mol. The fraction of sp³-hybridized carbons (Fsp3) is 0.308. The Morgan fingerprint density at radius 1 is 1.15 bits per heavy atom. The van der Waals surface area contributed by atoms with E-state index in [0.29, 0.717) is 5.75 Å². The Morgan fingerprint density at radius 2 is 1.75 bits per heavy atom. The van der Waals surface area contributed by atoms with Crippen LogP contribution in [0.25, 0.3) is 0 Å². The first-order valence-corrected chi connectivity index (χ1v) is 6.35. The molecule has 20 heavy (non-hydrogen) atoms. The first-order valence-electron chi connectivity index (χ1n) is 5.94. The van der Waals surface area contributed by atoms with Crippen LogP contribution in [0.5, 0.6) is 5.75 Å². The molecule has 0 atom stereocenters.